The molecule has 2 aromatic carbocycles. The lowest BCUT2D eigenvalue weighted by molar-refractivity contribution is 0.0755. The Bertz CT molecular complexity index is 714. The van der Waals surface area contributed by atoms with Crippen molar-refractivity contribution < 1.29 is 19.0 Å². The molecule has 1 unspecified atom stereocenters. The second kappa shape index (κ2) is 6.60. The van der Waals surface area contributed by atoms with Gasteiger partial charge in [0.1, 0.15) is 5.75 Å². The fourth-order valence-electron chi connectivity index (χ4n) is 2.49. The Balaban J connectivity index is 1.90. The summed E-state index contributed by atoms with van der Waals surface area (Å²) in [6.07, 6.45) is -0.549. The fraction of sp³-hybridized carbons (Fsp3) is 0.278. The smallest absolute Gasteiger partial charge is 0.258 e. The molecule has 5 heteroatoms. The minimum atomic E-state index is -0.549. The Hall–Kier alpha value is -2.69. The highest BCUT2D eigenvalue weighted by Gasteiger charge is 2.26. The van der Waals surface area contributed by atoms with Gasteiger partial charge in [-0.1, -0.05) is 12.1 Å². The molecule has 23 heavy (non-hydrogen) atoms. The lowest BCUT2D eigenvalue weighted by atomic mass is 10.1. The third-order valence-electron chi connectivity index (χ3n) is 3.51. The van der Waals surface area contributed by atoms with Crippen LogP contribution in [0.4, 0.5) is 0 Å². The normalized spacial score (nSPS) is 16.1. The van der Waals surface area contributed by atoms with Crippen LogP contribution in [0, 0.1) is 0 Å². The summed E-state index contributed by atoms with van der Waals surface area (Å²) >= 11 is 0. The second-order valence-electron chi connectivity index (χ2n) is 5.04. The van der Waals surface area contributed by atoms with Gasteiger partial charge in [0.15, 0.2) is 17.7 Å². The first-order valence-corrected chi connectivity index (χ1v) is 7.69. The maximum Gasteiger partial charge on any atom is 0.258 e. The van der Waals surface area contributed by atoms with Crippen molar-refractivity contribution >= 4 is 5.91 Å². The van der Waals surface area contributed by atoms with Crippen LogP contribution in [0.3, 0.4) is 0 Å². The summed E-state index contributed by atoms with van der Waals surface area (Å²) in [5.41, 5.74) is 1.35. The van der Waals surface area contributed by atoms with Crippen molar-refractivity contribution in [1.82, 2.24) is 5.32 Å². The fourth-order valence-corrected chi connectivity index (χ4v) is 2.49. The Kier molecular flexibility index (Phi) is 4.37. The average molecular weight is 313 g/mol. The van der Waals surface area contributed by atoms with E-state index in [0.29, 0.717) is 36.0 Å². The van der Waals surface area contributed by atoms with Gasteiger partial charge in [0, 0.05) is 5.56 Å². The van der Waals surface area contributed by atoms with Crippen LogP contribution < -0.4 is 19.5 Å². The number of carbonyl (C=O) groups is 1. The molecule has 0 radical (unpaired) electrons. The molecule has 0 spiro atoms. The third-order valence-corrected chi connectivity index (χ3v) is 3.51. The van der Waals surface area contributed by atoms with Gasteiger partial charge in [-0.15, -0.1) is 0 Å². The SMILES string of the molecule is CCOc1ccc(C2NC(=O)c3ccccc3O2)cc1OCC. The molecule has 0 aromatic heterocycles. The lowest BCUT2D eigenvalue weighted by Gasteiger charge is -2.27. The van der Waals surface area contributed by atoms with E-state index in [1.54, 1.807) is 12.1 Å². The van der Waals surface area contributed by atoms with Gasteiger partial charge in [-0.05, 0) is 44.2 Å². The zero-order valence-electron chi connectivity index (χ0n) is 13.2. The molecule has 5 nitrogen and oxygen atoms in total. The summed E-state index contributed by atoms with van der Waals surface area (Å²) in [4.78, 5) is 12.2. The topological polar surface area (TPSA) is 56.8 Å². The number of nitrogens with one attached hydrogen (secondary N) is 1. The predicted octanol–water partition coefficient (Wildman–Crippen LogP) is 3.31. The van der Waals surface area contributed by atoms with E-state index in [9.17, 15) is 4.79 Å². The van der Waals surface area contributed by atoms with Crippen LogP contribution in [-0.4, -0.2) is 19.1 Å². The van der Waals surface area contributed by atoms with Gasteiger partial charge in [0.25, 0.3) is 5.91 Å². The number of hydrogen-bond donors (Lipinski definition) is 1. The molecule has 1 heterocycles. The molecular weight excluding hydrogens is 294 g/mol. The molecule has 1 aliphatic heterocycles. The molecule has 0 saturated heterocycles. The first-order valence-electron chi connectivity index (χ1n) is 7.69. The number of benzene rings is 2. The highest BCUT2D eigenvalue weighted by atomic mass is 16.5. The summed E-state index contributed by atoms with van der Waals surface area (Å²) < 4.78 is 17.1. The van der Waals surface area contributed by atoms with Crippen molar-refractivity contribution in [3.05, 3.63) is 53.6 Å². The molecule has 1 amide bonds. The monoisotopic (exact) mass is 313 g/mol. The summed E-state index contributed by atoms with van der Waals surface area (Å²) in [6.45, 7) is 4.93. The quantitative estimate of drug-likeness (QED) is 0.920. The van der Waals surface area contributed by atoms with Crippen LogP contribution >= 0.6 is 0 Å². The molecule has 120 valence electrons. The predicted molar refractivity (Wildman–Crippen MR) is 86.1 cm³/mol. The number of hydrogen-bond acceptors (Lipinski definition) is 4. The van der Waals surface area contributed by atoms with Crippen molar-refractivity contribution in [3.8, 4) is 17.2 Å². The van der Waals surface area contributed by atoms with Gasteiger partial charge >= 0.3 is 0 Å². The second-order valence-corrected chi connectivity index (χ2v) is 5.04. The van der Waals surface area contributed by atoms with Crippen LogP contribution in [0.25, 0.3) is 0 Å². The zero-order valence-corrected chi connectivity index (χ0v) is 13.2. The Labute approximate surface area is 135 Å². The molecule has 2 aromatic rings. The number of fused-ring (bicyclic) bond motifs is 1. The molecule has 3 rings (SSSR count). The number of ether oxygens (including phenoxy) is 3. The molecule has 0 bridgehead atoms. The Morgan fingerprint density at radius 2 is 1.78 bits per heavy atom. The minimum Gasteiger partial charge on any atom is -0.490 e. The average Bonchev–Trinajstić information content (AvgIpc) is 2.57. The van der Waals surface area contributed by atoms with Crippen LogP contribution in [0.15, 0.2) is 42.5 Å². The van der Waals surface area contributed by atoms with E-state index >= 15 is 0 Å². The van der Waals surface area contributed by atoms with E-state index in [2.05, 4.69) is 5.32 Å². The Morgan fingerprint density at radius 1 is 1.04 bits per heavy atom. The van der Waals surface area contributed by atoms with Crippen molar-refractivity contribution in [2.45, 2.75) is 20.1 Å². The van der Waals surface area contributed by atoms with E-state index in [4.69, 9.17) is 14.2 Å². The molecule has 1 aliphatic rings. The Morgan fingerprint density at radius 3 is 2.57 bits per heavy atom. The van der Waals surface area contributed by atoms with E-state index in [0.717, 1.165) is 5.56 Å². The molecule has 0 saturated carbocycles. The van der Waals surface area contributed by atoms with Crippen LogP contribution in [0.1, 0.15) is 36.0 Å². The summed E-state index contributed by atoms with van der Waals surface area (Å²) in [5, 5.41) is 2.85. The third kappa shape index (κ3) is 3.08. The van der Waals surface area contributed by atoms with Gasteiger partial charge in [0.05, 0.1) is 18.8 Å². The van der Waals surface area contributed by atoms with Gasteiger partial charge in [-0.3, -0.25) is 4.79 Å². The molecule has 1 N–H and O–H groups in total. The van der Waals surface area contributed by atoms with E-state index in [1.807, 2.05) is 44.2 Å². The van der Waals surface area contributed by atoms with Crippen molar-refractivity contribution in [2.75, 3.05) is 13.2 Å². The standard InChI is InChI=1S/C18H19NO4/c1-3-21-15-10-9-12(11-16(15)22-4-2)18-19-17(20)13-7-5-6-8-14(13)23-18/h5-11,18H,3-4H2,1-2H3,(H,19,20). The lowest BCUT2D eigenvalue weighted by Crippen LogP contribution is -2.36. The summed E-state index contributed by atoms with van der Waals surface area (Å²) in [5.74, 6) is 1.75. The van der Waals surface area contributed by atoms with Gasteiger partial charge in [0.2, 0.25) is 0 Å². The highest BCUT2D eigenvalue weighted by Crippen LogP contribution is 2.34. The van der Waals surface area contributed by atoms with E-state index < -0.39 is 6.23 Å². The molecule has 1 atom stereocenters. The van der Waals surface area contributed by atoms with Crippen LogP contribution in [0.2, 0.25) is 0 Å². The van der Waals surface area contributed by atoms with Crippen molar-refractivity contribution in [2.24, 2.45) is 0 Å². The zero-order chi connectivity index (χ0) is 16.2. The number of rotatable bonds is 5. The summed E-state index contributed by atoms with van der Waals surface area (Å²) in [6, 6.07) is 12.7. The van der Waals surface area contributed by atoms with E-state index in [1.165, 1.54) is 0 Å². The summed E-state index contributed by atoms with van der Waals surface area (Å²) in [7, 11) is 0. The van der Waals surface area contributed by atoms with E-state index in [-0.39, 0.29) is 5.91 Å². The molecular formula is C18H19NO4. The minimum absolute atomic E-state index is 0.149. The van der Waals surface area contributed by atoms with Crippen molar-refractivity contribution in [3.63, 3.8) is 0 Å². The first kappa shape index (κ1) is 15.2. The maximum absolute atomic E-state index is 12.2. The molecule has 0 aliphatic carbocycles. The van der Waals surface area contributed by atoms with Gasteiger partial charge < -0.3 is 19.5 Å². The van der Waals surface area contributed by atoms with Gasteiger partial charge in [-0.2, -0.15) is 0 Å². The van der Waals surface area contributed by atoms with Gasteiger partial charge in [-0.25, -0.2) is 0 Å². The number of amides is 1. The first-order chi connectivity index (χ1) is 11.2. The van der Waals surface area contributed by atoms with Crippen molar-refractivity contribution in [1.29, 1.82) is 0 Å². The maximum atomic E-state index is 12.2. The molecule has 0 fully saturated rings. The van der Waals surface area contributed by atoms with Crippen LogP contribution in [0.5, 0.6) is 17.2 Å². The highest BCUT2D eigenvalue weighted by molar-refractivity contribution is 5.98. The largest absolute Gasteiger partial charge is 0.490 e. The van der Waals surface area contributed by atoms with Crippen LogP contribution in [-0.2, 0) is 0 Å². The number of para-hydroxylation sites is 1. The number of carbonyl (C=O) groups excluding carboxylic acids is 1.